The van der Waals surface area contributed by atoms with Crippen LogP contribution >= 0.6 is 0 Å². The van der Waals surface area contributed by atoms with Crippen LogP contribution in [0.15, 0.2) is 47.3 Å². The van der Waals surface area contributed by atoms with E-state index >= 15 is 0 Å². The van der Waals surface area contributed by atoms with Crippen molar-refractivity contribution in [3.8, 4) is 17.1 Å². The number of benzene rings is 2. The first-order chi connectivity index (χ1) is 15.8. The van der Waals surface area contributed by atoms with Gasteiger partial charge in [0.1, 0.15) is 23.4 Å². The van der Waals surface area contributed by atoms with E-state index in [0.29, 0.717) is 30.0 Å². The molecule has 0 amide bonds. The minimum atomic E-state index is -0.391. The molecule has 1 heterocycles. The maximum atomic E-state index is 13.5. The smallest absolute Gasteiger partial charge is 0.302 e. The second-order valence-corrected chi connectivity index (χ2v) is 8.33. The SMILES string of the molecule is CCc1nc(-c2ccc(OC)cc2C)n(C)c(=O)c1N[C@H]1c2ccccc2C[C@@H]1OC(C)=O. The molecule has 7 nitrogen and oxygen atoms in total. The van der Waals surface area contributed by atoms with Crippen LogP contribution in [0.4, 0.5) is 5.69 Å². The highest BCUT2D eigenvalue weighted by Crippen LogP contribution is 2.36. The Morgan fingerprint density at radius 1 is 1.24 bits per heavy atom. The van der Waals surface area contributed by atoms with Crippen molar-refractivity contribution >= 4 is 11.7 Å². The van der Waals surface area contributed by atoms with E-state index in [4.69, 9.17) is 14.5 Å². The molecule has 0 unspecified atom stereocenters. The molecular weight excluding hydrogens is 418 g/mol. The molecule has 4 rings (SSSR count). The van der Waals surface area contributed by atoms with E-state index in [1.165, 1.54) is 6.92 Å². The lowest BCUT2D eigenvalue weighted by Gasteiger charge is -2.24. The highest BCUT2D eigenvalue weighted by molar-refractivity contribution is 5.67. The van der Waals surface area contributed by atoms with E-state index in [2.05, 4.69) is 5.32 Å². The van der Waals surface area contributed by atoms with Crippen LogP contribution in [0.3, 0.4) is 0 Å². The lowest BCUT2D eigenvalue weighted by atomic mass is 10.1. The molecule has 1 aliphatic rings. The highest BCUT2D eigenvalue weighted by atomic mass is 16.5. The van der Waals surface area contributed by atoms with Crippen LogP contribution in [0, 0.1) is 6.92 Å². The van der Waals surface area contributed by atoms with Gasteiger partial charge in [-0.05, 0) is 48.2 Å². The number of hydrogen-bond acceptors (Lipinski definition) is 6. The summed E-state index contributed by atoms with van der Waals surface area (Å²) in [6.07, 6.45) is 0.789. The van der Waals surface area contributed by atoms with Crippen LogP contribution in [-0.4, -0.2) is 28.7 Å². The predicted molar refractivity (Wildman–Crippen MR) is 128 cm³/mol. The van der Waals surface area contributed by atoms with Gasteiger partial charge in [0.2, 0.25) is 0 Å². The predicted octanol–water partition coefficient (Wildman–Crippen LogP) is 3.97. The van der Waals surface area contributed by atoms with Gasteiger partial charge in [-0.1, -0.05) is 31.2 Å². The highest BCUT2D eigenvalue weighted by Gasteiger charge is 2.35. The second-order valence-electron chi connectivity index (χ2n) is 8.33. The Bertz CT molecular complexity index is 1260. The summed E-state index contributed by atoms with van der Waals surface area (Å²) in [5.74, 6) is 1.02. The maximum absolute atomic E-state index is 13.5. The molecule has 7 heteroatoms. The Balaban J connectivity index is 1.78. The summed E-state index contributed by atoms with van der Waals surface area (Å²) in [4.78, 5) is 30.1. The van der Waals surface area contributed by atoms with Gasteiger partial charge in [-0.3, -0.25) is 14.2 Å². The van der Waals surface area contributed by atoms with Crippen LogP contribution in [0.1, 0.15) is 42.3 Å². The lowest BCUT2D eigenvalue weighted by molar-refractivity contribution is -0.146. The Morgan fingerprint density at radius 3 is 2.67 bits per heavy atom. The van der Waals surface area contributed by atoms with Gasteiger partial charge in [0.15, 0.2) is 0 Å². The maximum Gasteiger partial charge on any atom is 0.302 e. The van der Waals surface area contributed by atoms with E-state index in [0.717, 1.165) is 28.0 Å². The molecule has 0 radical (unpaired) electrons. The molecule has 1 N–H and O–H groups in total. The number of hydrogen-bond donors (Lipinski definition) is 1. The summed E-state index contributed by atoms with van der Waals surface area (Å²) in [6.45, 7) is 5.36. The fourth-order valence-corrected chi connectivity index (χ4v) is 4.51. The van der Waals surface area contributed by atoms with Gasteiger partial charge in [-0.15, -0.1) is 0 Å². The van der Waals surface area contributed by atoms with Gasteiger partial charge in [0.05, 0.1) is 18.8 Å². The Kier molecular flexibility index (Phi) is 6.22. The molecule has 1 aromatic heterocycles. The van der Waals surface area contributed by atoms with Crippen molar-refractivity contribution in [2.75, 3.05) is 12.4 Å². The number of ether oxygens (including phenoxy) is 2. The largest absolute Gasteiger partial charge is 0.497 e. The first-order valence-corrected chi connectivity index (χ1v) is 11.1. The van der Waals surface area contributed by atoms with E-state index in [9.17, 15) is 9.59 Å². The third-order valence-electron chi connectivity index (χ3n) is 6.18. The van der Waals surface area contributed by atoms with Crippen molar-refractivity contribution in [3.63, 3.8) is 0 Å². The van der Waals surface area contributed by atoms with E-state index in [1.54, 1.807) is 18.7 Å². The number of carbonyl (C=O) groups is 1. The van der Waals surface area contributed by atoms with Gasteiger partial charge >= 0.3 is 5.97 Å². The summed E-state index contributed by atoms with van der Waals surface area (Å²) in [5.41, 5.74) is 4.93. The summed E-state index contributed by atoms with van der Waals surface area (Å²) in [6, 6.07) is 13.4. The number of methoxy groups -OCH3 is 1. The van der Waals surface area contributed by atoms with Crippen molar-refractivity contribution in [3.05, 3.63) is 75.2 Å². The Hall–Kier alpha value is -3.61. The zero-order chi connectivity index (χ0) is 23.7. The van der Waals surface area contributed by atoms with Crippen molar-refractivity contribution < 1.29 is 14.3 Å². The molecule has 2 atom stereocenters. The van der Waals surface area contributed by atoms with Gasteiger partial charge in [0.25, 0.3) is 5.56 Å². The zero-order valence-corrected chi connectivity index (χ0v) is 19.6. The van der Waals surface area contributed by atoms with Crippen LogP contribution in [-0.2, 0) is 29.4 Å². The number of carbonyl (C=O) groups excluding carboxylic acids is 1. The summed E-state index contributed by atoms with van der Waals surface area (Å²) in [7, 11) is 3.35. The fourth-order valence-electron chi connectivity index (χ4n) is 4.51. The number of nitrogens with one attached hydrogen (secondary N) is 1. The first kappa shape index (κ1) is 22.6. The average molecular weight is 448 g/mol. The molecule has 0 saturated carbocycles. The number of aromatic nitrogens is 2. The van der Waals surface area contributed by atoms with Crippen LogP contribution < -0.4 is 15.6 Å². The number of rotatable bonds is 6. The number of aryl methyl sites for hydroxylation is 2. The third kappa shape index (κ3) is 4.23. The molecule has 0 bridgehead atoms. The molecule has 0 fully saturated rings. The molecular formula is C26H29N3O4. The van der Waals surface area contributed by atoms with E-state index < -0.39 is 6.10 Å². The molecule has 172 valence electrons. The monoisotopic (exact) mass is 447 g/mol. The second kappa shape index (κ2) is 9.10. The topological polar surface area (TPSA) is 82.5 Å². The van der Waals surface area contributed by atoms with Crippen molar-refractivity contribution in [2.45, 2.75) is 45.8 Å². The van der Waals surface area contributed by atoms with E-state index in [-0.39, 0.29) is 17.6 Å². The standard InChI is InChI=1S/C26H29N3O4/c1-6-21-24(28-23-20-10-8-7-9-17(20)14-22(23)33-16(3)30)26(31)29(4)25(27-21)19-12-11-18(32-5)13-15(19)2/h7-13,22-23,28H,6,14H2,1-5H3/t22-,23-/m0/s1. The quantitative estimate of drug-likeness (QED) is 0.576. The zero-order valence-electron chi connectivity index (χ0n) is 19.6. The van der Waals surface area contributed by atoms with E-state index in [1.807, 2.05) is 56.3 Å². The average Bonchev–Trinajstić information content (AvgIpc) is 3.13. The molecule has 0 spiro atoms. The number of esters is 1. The lowest BCUT2D eigenvalue weighted by Crippen LogP contribution is -2.32. The van der Waals surface area contributed by atoms with Gasteiger partial charge in [0, 0.05) is 26.0 Å². The molecule has 1 aliphatic carbocycles. The Labute approximate surface area is 193 Å². The summed E-state index contributed by atoms with van der Waals surface area (Å²) >= 11 is 0. The normalized spacial score (nSPS) is 16.9. The number of nitrogens with zero attached hydrogens (tertiary/aromatic N) is 2. The minimum absolute atomic E-state index is 0.168. The molecule has 2 aromatic carbocycles. The number of fused-ring (bicyclic) bond motifs is 1. The minimum Gasteiger partial charge on any atom is -0.497 e. The van der Waals surface area contributed by atoms with Crippen molar-refractivity contribution in [1.29, 1.82) is 0 Å². The molecule has 0 aliphatic heterocycles. The molecule has 0 saturated heterocycles. The summed E-state index contributed by atoms with van der Waals surface area (Å²) in [5, 5.41) is 3.40. The summed E-state index contributed by atoms with van der Waals surface area (Å²) < 4.78 is 12.5. The number of anilines is 1. The third-order valence-corrected chi connectivity index (χ3v) is 6.18. The van der Waals surface area contributed by atoms with Crippen molar-refractivity contribution in [1.82, 2.24) is 9.55 Å². The first-order valence-electron chi connectivity index (χ1n) is 11.1. The van der Waals surface area contributed by atoms with Gasteiger partial charge in [-0.2, -0.15) is 0 Å². The van der Waals surface area contributed by atoms with Gasteiger partial charge in [-0.25, -0.2) is 4.98 Å². The fraction of sp³-hybridized carbons (Fsp3) is 0.346. The Morgan fingerprint density at radius 2 is 2.00 bits per heavy atom. The van der Waals surface area contributed by atoms with Crippen LogP contribution in [0.2, 0.25) is 0 Å². The molecule has 3 aromatic rings. The van der Waals surface area contributed by atoms with Crippen LogP contribution in [0.5, 0.6) is 5.75 Å². The van der Waals surface area contributed by atoms with Crippen LogP contribution in [0.25, 0.3) is 11.4 Å². The molecule has 33 heavy (non-hydrogen) atoms. The van der Waals surface area contributed by atoms with Crippen molar-refractivity contribution in [2.24, 2.45) is 7.05 Å². The van der Waals surface area contributed by atoms with Gasteiger partial charge < -0.3 is 14.8 Å².